The lowest BCUT2D eigenvalue weighted by Gasteiger charge is -2.31. The summed E-state index contributed by atoms with van der Waals surface area (Å²) >= 11 is 3.35. The predicted octanol–water partition coefficient (Wildman–Crippen LogP) is 15.9. The SMILES string of the molecule is CCCCCCOc1ccc(-c2sc3cc4c(C(O)(c5ccccc5)c5ccccc5)c(-c5ccc(OCCCCCC)cc5)sc4cc3c2C(O)(c2ccccc2)c2ccccc2)cc1. The van der Waals surface area contributed by atoms with E-state index in [0.29, 0.717) is 13.2 Å². The van der Waals surface area contributed by atoms with E-state index >= 15 is 0 Å². The molecular weight excluding hydrogens is 849 g/mol. The molecule has 0 saturated carbocycles. The normalized spacial score (nSPS) is 11.9. The number of hydrogen-bond donors (Lipinski definition) is 2. The topological polar surface area (TPSA) is 58.9 Å². The van der Waals surface area contributed by atoms with Gasteiger partial charge in [-0.15, -0.1) is 22.7 Å². The highest BCUT2D eigenvalue weighted by molar-refractivity contribution is 7.24. The molecule has 0 spiro atoms. The first-order valence-electron chi connectivity index (χ1n) is 23.6. The Morgan fingerprint density at radius 2 is 0.712 bits per heavy atom. The van der Waals surface area contributed by atoms with Crippen molar-refractivity contribution in [1.82, 2.24) is 0 Å². The van der Waals surface area contributed by atoms with Gasteiger partial charge < -0.3 is 19.7 Å². The molecule has 334 valence electrons. The Labute approximate surface area is 397 Å². The molecule has 0 unspecified atom stereocenters. The summed E-state index contributed by atoms with van der Waals surface area (Å²) in [6.45, 7) is 5.82. The van der Waals surface area contributed by atoms with E-state index in [0.717, 1.165) is 112 Å². The molecule has 0 aliphatic rings. The van der Waals surface area contributed by atoms with Gasteiger partial charge in [0, 0.05) is 41.1 Å². The van der Waals surface area contributed by atoms with Crippen LogP contribution in [0.4, 0.5) is 0 Å². The highest BCUT2D eigenvalue weighted by Gasteiger charge is 2.42. The average Bonchev–Trinajstić information content (AvgIpc) is 3.95. The van der Waals surface area contributed by atoms with Crippen LogP contribution < -0.4 is 9.47 Å². The second-order valence-corrected chi connectivity index (χ2v) is 19.3. The molecule has 0 aliphatic carbocycles. The van der Waals surface area contributed by atoms with E-state index in [1.807, 2.05) is 121 Å². The number of unbranched alkanes of at least 4 members (excludes halogenated alkanes) is 6. The summed E-state index contributed by atoms with van der Waals surface area (Å²) in [6, 6.07) is 61.4. The summed E-state index contributed by atoms with van der Waals surface area (Å²) in [5, 5.41) is 29.3. The molecule has 0 amide bonds. The third-order valence-electron chi connectivity index (χ3n) is 12.8. The molecular formula is C60H58O4S2. The highest BCUT2D eigenvalue weighted by atomic mass is 32.1. The molecule has 2 heterocycles. The van der Waals surface area contributed by atoms with Crippen LogP contribution in [0.25, 0.3) is 41.1 Å². The van der Waals surface area contributed by atoms with Gasteiger partial charge in [0.25, 0.3) is 0 Å². The number of rotatable bonds is 20. The molecule has 9 aromatic rings. The van der Waals surface area contributed by atoms with Gasteiger partial charge in [0.05, 0.1) is 13.2 Å². The fourth-order valence-corrected chi connectivity index (χ4v) is 11.8. The first-order valence-corrected chi connectivity index (χ1v) is 25.2. The fraction of sp³-hybridized carbons (Fsp3) is 0.233. The second-order valence-electron chi connectivity index (χ2n) is 17.2. The van der Waals surface area contributed by atoms with Crippen molar-refractivity contribution in [3.8, 4) is 32.4 Å². The molecule has 7 aromatic carbocycles. The Balaban J connectivity index is 1.28. The summed E-state index contributed by atoms with van der Waals surface area (Å²) < 4.78 is 14.4. The molecule has 4 nitrogen and oxygen atoms in total. The standard InChI is InChI=1S/C60H58O4S2/c1-3-5-7-21-39-63-49-35-31-43(32-36-49)57-55(59(61,45-23-13-9-14-24-45)46-25-15-10-16-26-46)51-41-54-52(42-53(51)65-57)56(60(62,47-27-17-11-18-28-47)48-29-19-12-20-30-48)58(66-54)44-33-37-50(38-34-44)64-40-22-8-6-4-2/h9-20,23-38,41-42,61-62H,3-8,21-22,39-40H2,1-2H3. The molecule has 0 fully saturated rings. The number of ether oxygens (including phenoxy) is 2. The van der Waals surface area contributed by atoms with Gasteiger partial charge in [0.15, 0.2) is 0 Å². The van der Waals surface area contributed by atoms with Crippen molar-refractivity contribution < 1.29 is 19.7 Å². The highest BCUT2D eigenvalue weighted by Crippen LogP contribution is 2.54. The minimum absolute atomic E-state index is 0.686. The Morgan fingerprint density at radius 1 is 0.394 bits per heavy atom. The van der Waals surface area contributed by atoms with Crippen molar-refractivity contribution in [2.24, 2.45) is 0 Å². The van der Waals surface area contributed by atoms with Gasteiger partial charge in [-0.05, 0) is 107 Å². The maximum atomic E-state index is 13.7. The Bertz CT molecular complexity index is 2660. The van der Waals surface area contributed by atoms with Gasteiger partial charge in [0.2, 0.25) is 0 Å². The zero-order valence-corrected chi connectivity index (χ0v) is 39.6. The van der Waals surface area contributed by atoms with E-state index in [4.69, 9.17) is 9.47 Å². The summed E-state index contributed by atoms with van der Waals surface area (Å²) in [7, 11) is 0. The largest absolute Gasteiger partial charge is 0.494 e. The predicted molar refractivity (Wildman–Crippen MR) is 277 cm³/mol. The van der Waals surface area contributed by atoms with Crippen LogP contribution in [0.5, 0.6) is 11.5 Å². The van der Waals surface area contributed by atoms with Crippen LogP contribution in [-0.2, 0) is 11.2 Å². The lowest BCUT2D eigenvalue weighted by atomic mass is 9.77. The van der Waals surface area contributed by atoms with E-state index in [1.54, 1.807) is 22.7 Å². The van der Waals surface area contributed by atoms with Crippen molar-refractivity contribution in [2.75, 3.05) is 13.2 Å². The average molecular weight is 907 g/mol. The Kier molecular flexibility index (Phi) is 14.1. The summed E-state index contributed by atoms with van der Waals surface area (Å²) in [6.07, 6.45) is 9.18. The van der Waals surface area contributed by atoms with Crippen LogP contribution in [0.15, 0.2) is 182 Å². The van der Waals surface area contributed by atoms with Crippen LogP contribution in [-0.4, -0.2) is 23.4 Å². The first-order chi connectivity index (χ1) is 32.4. The van der Waals surface area contributed by atoms with Crippen molar-refractivity contribution in [3.05, 3.63) is 215 Å². The lowest BCUT2D eigenvalue weighted by molar-refractivity contribution is 0.128. The number of thiophene rings is 2. The van der Waals surface area contributed by atoms with E-state index in [2.05, 4.69) is 74.5 Å². The van der Waals surface area contributed by atoms with Crippen LogP contribution >= 0.6 is 22.7 Å². The Hall–Kier alpha value is -6.02. The molecule has 6 heteroatoms. The van der Waals surface area contributed by atoms with Crippen LogP contribution in [0.3, 0.4) is 0 Å². The molecule has 0 saturated heterocycles. The zero-order valence-electron chi connectivity index (χ0n) is 37.9. The number of fused-ring (bicyclic) bond motifs is 2. The molecule has 2 N–H and O–H groups in total. The van der Waals surface area contributed by atoms with Gasteiger partial charge in [-0.1, -0.05) is 174 Å². The molecule has 0 bridgehead atoms. The van der Waals surface area contributed by atoms with E-state index < -0.39 is 11.2 Å². The van der Waals surface area contributed by atoms with Crippen molar-refractivity contribution in [1.29, 1.82) is 0 Å². The molecule has 0 radical (unpaired) electrons. The number of hydrogen-bond acceptors (Lipinski definition) is 6. The number of aliphatic hydroxyl groups is 2. The zero-order chi connectivity index (χ0) is 45.4. The van der Waals surface area contributed by atoms with Crippen LogP contribution in [0.2, 0.25) is 0 Å². The van der Waals surface area contributed by atoms with E-state index in [-0.39, 0.29) is 0 Å². The van der Waals surface area contributed by atoms with Gasteiger partial charge in [0.1, 0.15) is 22.7 Å². The number of benzene rings is 7. The molecule has 0 atom stereocenters. The molecule has 2 aromatic heterocycles. The minimum Gasteiger partial charge on any atom is -0.494 e. The van der Waals surface area contributed by atoms with Crippen molar-refractivity contribution in [3.63, 3.8) is 0 Å². The quantitative estimate of drug-likeness (QED) is 0.0748. The maximum Gasteiger partial charge on any atom is 0.142 e. The van der Waals surface area contributed by atoms with Gasteiger partial charge in [-0.2, -0.15) is 0 Å². The summed E-state index contributed by atoms with van der Waals surface area (Å²) in [5.74, 6) is 1.68. The van der Waals surface area contributed by atoms with E-state index in [9.17, 15) is 10.2 Å². The van der Waals surface area contributed by atoms with Crippen LogP contribution in [0.1, 0.15) is 98.6 Å². The summed E-state index contributed by atoms with van der Waals surface area (Å²) in [4.78, 5) is 1.95. The van der Waals surface area contributed by atoms with Crippen LogP contribution in [0, 0.1) is 0 Å². The smallest absolute Gasteiger partial charge is 0.142 e. The minimum atomic E-state index is -1.51. The molecule has 0 aliphatic heterocycles. The van der Waals surface area contributed by atoms with Crippen molar-refractivity contribution >= 4 is 42.8 Å². The van der Waals surface area contributed by atoms with Gasteiger partial charge in [-0.25, -0.2) is 0 Å². The lowest BCUT2D eigenvalue weighted by Crippen LogP contribution is -2.29. The third-order valence-corrected chi connectivity index (χ3v) is 15.2. The fourth-order valence-electron chi connectivity index (χ4n) is 9.28. The Morgan fingerprint density at radius 3 is 1.02 bits per heavy atom. The van der Waals surface area contributed by atoms with Gasteiger partial charge >= 0.3 is 0 Å². The molecule has 66 heavy (non-hydrogen) atoms. The maximum absolute atomic E-state index is 13.7. The van der Waals surface area contributed by atoms with E-state index in [1.165, 1.54) is 25.7 Å². The monoisotopic (exact) mass is 906 g/mol. The first kappa shape index (κ1) is 45.1. The third kappa shape index (κ3) is 9.08. The second kappa shape index (κ2) is 20.7. The van der Waals surface area contributed by atoms with Crippen molar-refractivity contribution in [2.45, 2.75) is 76.4 Å². The summed E-state index contributed by atoms with van der Waals surface area (Å²) in [5.41, 5.74) is 3.76. The molecule has 9 rings (SSSR count). The van der Waals surface area contributed by atoms with Gasteiger partial charge in [-0.3, -0.25) is 0 Å².